The number of hydrogen-bond donors (Lipinski definition) is 1. The second-order valence-corrected chi connectivity index (χ2v) is 4.63. The van der Waals surface area contributed by atoms with Crippen LogP contribution in [0.3, 0.4) is 0 Å². The van der Waals surface area contributed by atoms with Crippen LogP contribution in [0.15, 0.2) is 54.6 Å². The molecule has 2 aromatic rings. The van der Waals surface area contributed by atoms with E-state index in [1.54, 1.807) is 0 Å². The summed E-state index contributed by atoms with van der Waals surface area (Å²) >= 11 is 0. The maximum atomic E-state index is 8.46. The number of nitrogens with zero attached hydrogens (tertiary/aromatic N) is 1. The molecule has 0 aliphatic heterocycles. The number of nitrogens with one attached hydrogen (secondary N) is 1. The molecule has 108 valence electrons. The van der Waals surface area contributed by atoms with E-state index in [2.05, 4.69) is 5.48 Å². The summed E-state index contributed by atoms with van der Waals surface area (Å²) in [5.41, 5.74) is 5.23. The lowest BCUT2D eigenvalue weighted by molar-refractivity contribution is 0.00697. The number of ether oxygens (including phenoxy) is 1. The van der Waals surface area contributed by atoms with E-state index in [-0.39, 0.29) is 12.6 Å². The van der Waals surface area contributed by atoms with Crippen LogP contribution in [-0.2, 0) is 11.4 Å². The normalized spacial score (nSPS) is 11.6. The van der Waals surface area contributed by atoms with E-state index in [4.69, 9.17) is 14.8 Å². The highest BCUT2D eigenvalue weighted by molar-refractivity contribution is 5.29. The summed E-state index contributed by atoms with van der Waals surface area (Å²) in [4.78, 5) is 5.51. The van der Waals surface area contributed by atoms with Crippen molar-refractivity contribution in [2.24, 2.45) is 0 Å². The Kier molecular flexibility index (Phi) is 5.77. The fourth-order valence-corrected chi connectivity index (χ4v) is 1.86. The zero-order chi connectivity index (χ0) is 14.9. The number of hydrogen-bond acceptors (Lipinski definition) is 4. The van der Waals surface area contributed by atoms with Crippen molar-refractivity contribution in [1.29, 1.82) is 5.26 Å². The summed E-state index contributed by atoms with van der Waals surface area (Å²) in [5, 5.41) is 8.46. The standard InChI is InChI=1S/C17H18N2O2/c1-14(19-21-13-15-5-3-2-4-6-15)16-7-9-17(10-8-16)20-12-11-18/h2-10,14,19H,12-13H2,1H3. The highest BCUT2D eigenvalue weighted by Gasteiger charge is 2.05. The molecule has 1 unspecified atom stereocenters. The maximum absolute atomic E-state index is 8.46. The fourth-order valence-electron chi connectivity index (χ4n) is 1.86. The summed E-state index contributed by atoms with van der Waals surface area (Å²) in [7, 11) is 0. The molecule has 0 spiro atoms. The van der Waals surface area contributed by atoms with Crippen molar-refractivity contribution in [3.8, 4) is 11.8 Å². The zero-order valence-corrected chi connectivity index (χ0v) is 12.0. The van der Waals surface area contributed by atoms with Gasteiger partial charge in [0.1, 0.15) is 11.8 Å². The molecular weight excluding hydrogens is 264 g/mol. The van der Waals surface area contributed by atoms with Gasteiger partial charge in [0.25, 0.3) is 0 Å². The lowest BCUT2D eigenvalue weighted by atomic mass is 10.1. The molecule has 0 radical (unpaired) electrons. The van der Waals surface area contributed by atoms with Crippen LogP contribution in [0.2, 0.25) is 0 Å². The van der Waals surface area contributed by atoms with Gasteiger partial charge in [-0.3, -0.25) is 4.84 Å². The lowest BCUT2D eigenvalue weighted by Gasteiger charge is -2.14. The second-order valence-electron chi connectivity index (χ2n) is 4.63. The molecule has 0 saturated heterocycles. The van der Waals surface area contributed by atoms with Gasteiger partial charge >= 0.3 is 0 Å². The van der Waals surface area contributed by atoms with Gasteiger partial charge in [-0.15, -0.1) is 0 Å². The monoisotopic (exact) mass is 282 g/mol. The van der Waals surface area contributed by atoms with E-state index >= 15 is 0 Å². The Morgan fingerprint density at radius 3 is 2.48 bits per heavy atom. The minimum atomic E-state index is 0.0628. The van der Waals surface area contributed by atoms with E-state index in [9.17, 15) is 0 Å². The molecule has 0 aromatic heterocycles. The number of rotatable bonds is 7. The van der Waals surface area contributed by atoms with Crippen LogP contribution in [-0.4, -0.2) is 6.61 Å². The smallest absolute Gasteiger partial charge is 0.174 e. The molecule has 0 saturated carbocycles. The largest absolute Gasteiger partial charge is 0.479 e. The Bertz CT molecular complexity index is 576. The Balaban J connectivity index is 1.80. The van der Waals surface area contributed by atoms with Gasteiger partial charge in [-0.1, -0.05) is 42.5 Å². The van der Waals surface area contributed by atoms with Gasteiger partial charge < -0.3 is 4.74 Å². The van der Waals surface area contributed by atoms with E-state index in [0.717, 1.165) is 11.1 Å². The predicted molar refractivity (Wildman–Crippen MR) is 80.3 cm³/mol. The molecule has 2 aromatic carbocycles. The highest BCUT2D eigenvalue weighted by Crippen LogP contribution is 2.17. The third-order valence-corrected chi connectivity index (χ3v) is 3.03. The molecule has 0 aliphatic rings. The summed E-state index contributed by atoms with van der Waals surface area (Å²) in [6.45, 7) is 2.61. The second kappa shape index (κ2) is 8.05. The third kappa shape index (κ3) is 4.92. The fraction of sp³-hybridized carbons (Fsp3) is 0.235. The van der Waals surface area contributed by atoms with Crippen LogP contribution in [0.1, 0.15) is 24.1 Å². The van der Waals surface area contributed by atoms with E-state index in [1.807, 2.05) is 67.6 Å². The van der Waals surface area contributed by atoms with Gasteiger partial charge in [0.05, 0.1) is 12.6 Å². The lowest BCUT2D eigenvalue weighted by Crippen LogP contribution is -2.18. The van der Waals surface area contributed by atoms with Crippen molar-refractivity contribution in [3.05, 3.63) is 65.7 Å². The van der Waals surface area contributed by atoms with Gasteiger partial charge in [-0.2, -0.15) is 10.7 Å². The molecule has 0 bridgehead atoms. The van der Waals surface area contributed by atoms with Crippen LogP contribution < -0.4 is 10.2 Å². The third-order valence-electron chi connectivity index (χ3n) is 3.03. The molecule has 1 N–H and O–H groups in total. The van der Waals surface area contributed by atoms with E-state index < -0.39 is 0 Å². The maximum Gasteiger partial charge on any atom is 0.174 e. The molecule has 0 fully saturated rings. The zero-order valence-electron chi connectivity index (χ0n) is 12.0. The number of benzene rings is 2. The van der Waals surface area contributed by atoms with Crippen LogP contribution in [0.25, 0.3) is 0 Å². The number of nitriles is 1. The molecule has 0 aliphatic carbocycles. The minimum Gasteiger partial charge on any atom is -0.479 e. The average molecular weight is 282 g/mol. The van der Waals surface area contributed by atoms with Crippen molar-refractivity contribution in [2.75, 3.05) is 6.61 Å². The quantitative estimate of drug-likeness (QED) is 0.791. The van der Waals surface area contributed by atoms with Gasteiger partial charge in [0.15, 0.2) is 6.61 Å². The summed E-state index contributed by atoms with van der Waals surface area (Å²) in [6.07, 6.45) is 0. The molecule has 2 rings (SSSR count). The molecule has 4 nitrogen and oxygen atoms in total. The summed E-state index contributed by atoms with van der Waals surface area (Å²) in [5.74, 6) is 0.692. The van der Waals surface area contributed by atoms with E-state index in [1.165, 1.54) is 0 Å². The molecule has 0 heterocycles. The Labute approximate surface area is 124 Å². The molecule has 21 heavy (non-hydrogen) atoms. The van der Waals surface area contributed by atoms with Crippen LogP contribution >= 0.6 is 0 Å². The Morgan fingerprint density at radius 1 is 1.10 bits per heavy atom. The summed E-state index contributed by atoms with van der Waals surface area (Å²) < 4.78 is 5.22. The highest BCUT2D eigenvalue weighted by atomic mass is 16.6. The molecule has 0 amide bonds. The first-order valence-corrected chi connectivity index (χ1v) is 6.80. The first-order valence-electron chi connectivity index (χ1n) is 6.80. The Morgan fingerprint density at radius 2 is 1.81 bits per heavy atom. The van der Waals surface area contributed by atoms with Crippen LogP contribution in [0.5, 0.6) is 5.75 Å². The van der Waals surface area contributed by atoms with Gasteiger partial charge in [0.2, 0.25) is 0 Å². The molecular formula is C17H18N2O2. The summed E-state index contributed by atoms with van der Waals surface area (Å²) in [6, 6.07) is 19.6. The van der Waals surface area contributed by atoms with E-state index in [0.29, 0.717) is 12.4 Å². The average Bonchev–Trinajstić information content (AvgIpc) is 2.54. The topological polar surface area (TPSA) is 54.3 Å². The van der Waals surface area contributed by atoms with Crippen molar-refractivity contribution in [2.45, 2.75) is 19.6 Å². The predicted octanol–water partition coefficient (Wildman–Crippen LogP) is 3.37. The Hall–Kier alpha value is -2.35. The van der Waals surface area contributed by atoms with Gasteiger partial charge in [0, 0.05) is 0 Å². The van der Waals surface area contributed by atoms with Gasteiger partial charge in [-0.25, -0.2) is 0 Å². The van der Waals surface area contributed by atoms with Crippen LogP contribution in [0.4, 0.5) is 0 Å². The van der Waals surface area contributed by atoms with Crippen LogP contribution in [0, 0.1) is 11.3 Å². The number of hydroxylamine groups is 1. The van der Waals surface area contributed by atoms with Gasteiger partial charge in [-0.05, 0) is 30.2 Å². The molecule has 1 atom stereocenters. The first-order chi connectivity index (χ1) is 10.3. The molecule has 4 heteroatoms. The van der Waals surface area contributed by atoms with Crippen molar-refractivity contribution >= 4 is 0 Å². The SMILES string of the molecule is CC(NOCc1ccccc1)c1ccc(OCC#N)cc1. The first kappa shape index (κ1) is 15.0. The van der Waals surface area contributed by atoms with Crippen molar-refractivity contribution in [1.82, 2.24) is 5.48 Å². The van der Waals surface area contributed by atoms with Crippen molar-refractivity contribution < 1.29 is 9.57 Å². The van der Waals surface area contributed by atoms with Crippen molar-refractivity contribution in [3.63, 3.8) is 0 Å². The minimum absolute atomic E-state index is 0.0628.